The maximum Gasteiger partial charge on any atom is 0.136 e. The average Bonchev–Trinajstić information content (AvgIpc) is 2.17. The highest BCUT2D eigenvalue weighted by molar-refractivity contribution is 9.10. The van der Waals surface area contributed by atoms with Crippen LogP contribution >= 0.6 is 15.9 Å². The van der Waals surface area contributed by atoms with E-state index in [1.807, 2.05) is 18.2 Å². The fourth-order valence-electron chi connectivity index (χ4n) is 1.54. The highest BCUT2D eigenvalue weighted by atomic mass is 79.9. The third kappa shape index (κ3) is 2.71. The highest BCUT2D eigenvalue weighted by Gasteiger charge is 2.25. The molecule has 4 heteroatoms. The molecule has 0 radical (unpaired) electrons. The number of hydrogen-bond acceptors (Lipinski definition) is 3. The Balaban J connectivity index is 3.18. The Kier molecular flexibility index (Phi) is 4.13. The zero-order valence-electron chi connectivity index (χ0n) is 9.21. The van der Waals surface area contributed by atoms with E-state index >= 15 is 0 Å². The van der Waals surface area contributed by atoms with E-state index < -0.39 is 0 Å². The van der Waals surface area contributed by atoms with Crippen molar-refractivity contribution in [3.8, 4) is 5.75 Å². The van der Waals surface area contributed by atoms with Crippen molar-refractivity contribution in [1.29, 1.82) is 0 Å². The Hall–Kier alpha value is -0.580. The standard InChI is InChI=1S/C11H16BrNO2/c1-11(2,7-15-13)8-5-4-6-9(12)10(8)14-3/h4-6H,7,13H2,1-3H3. The van der Waals surface area contributed by atoms with Crippen molar-refractivity contribution >= 4 is 15.9 Å². The van der Waals surface area contributed by atoms with E-state index in [4.69, 9.17) is 15.5 Å². The Morgan fingerprint density at radius 1 is 1.40 bits per heavy atom. The molecule has 1 aromatic rings. The zero-order chi connectivity index (χ0) is 11.5. The van der Waals surface area contributed by atoms with E-state index in [0.717, 1.165) is 15.8 Å². The molecule has 0 heterocycles. The first-order valence-electron chi connectivity index (χ1n) is 4.67. The molecule has 0 saturated carbocycles. The number of methoxy groups -OCH3 is 1. The van der Waals surface area contributed by atoms with Crippen molar-refractivity contribution in [2.75, 3.05) is 13.7 Å². The van der Waals surface area contributed by atoms with Crippen LogP contribution < -0.4 is 10.6 Å². The first-order valence-corrected chi connectivity index (χ1v) is 5.47. The molecular weight excluding hydrogens is 258 g/mol. The third-order valence-electron chi connectivity index (χ3n) is 2.34. The SMILES string of the molecule is COc1c(Br)cccc1C(C)(C)CON. The molecule has 0 aliphatic rings. The summed E-state index contributed by atoms with van der Waals surface area (Å²) in [5, 5.41) is 0. The lowest BCUT2D eigenvalue weighted by Gasteiger charge is -2.26. The number of halogens is 1. The van der Waals surface area contributed by atoms with Gasteiger partial charge in [0.05, 0.1) is 18.2 Å². The molecule has 0 aromatic heterocycles. The minimum atomic E-state index is -0.177. The van der Waals surface area contributed by atoms with E-state index in [1.54, 1.807) is 7.11 Å². The Labute approximate surface area is 98.6 Å². The quantitative estimate of drug-likeness (QED) is 0.858. The molecule has 0 aliphatic heterocycles. The van der Waals surface area contributed by atoms with Crippen LogP contribution in [-0.2, 0) is 10.3 Å². The molecule has 2 N–H and O–H groups in total. The fourth-order valence-corrected chi connectivity index (χ4v) is 2.06. The van der Waals surface area contributed by atoms with Crippen molar-refractivity contribution in [2.45, 2.75) is 19.3 Å². The monoisotopic (exact) mass is 273 g/mol. The largest absolute Gasteiger partial charge is 0.495 e. The summed E-state index contributed by atoms with van der Waals surface area (Å²) < 4.78 is 6.30. The minimum Gasteiger partial charge on any atom is -0.495 e. The van der Waals surface area contributed by atoms with Crippen molar-refractivity contribution in [3.05, 3.63) is 28.2 Å². The Morgan fingerprint density at radius 2 is 2.07 bits per heavy atom. The first-order chi connectivity index (χ1) is 7.03. The second-order valence-electron chi connectivity index (χ2n) is 4.02. The molecule has 0 saturated heterocycles. The number of hydrogen-bond donors (Lipinski definition) is 1. The van der Waals surface area contributed by atoms with Crippen molar-refractivity contribution < 1.29 is 9.57 Å². The van der Waals surface area contributed by atoms with Gasteiger partial charge in [0.25, 0.3) is 0 Å². The second kappa shape index (κ2) is 4.96. The van der Waals surface area contributed by atoms with Crippen LogP contribution in [0.1, 0.15) is 19.4 Å². The molecule has 84 valence electrons. The van der Waals surface area contributed by atoms with Crippen LogP contribution in [-0.4, -0.2) is 13.7 Å². The van der Waals surface area contributed by atoms with Gasteiger partial charge in [0.15, 0.2) is 0 Å². The van der Waals surface area contributed by atoms with Gasteiger partial charge in [-0.25, -0.2) is 5.90 Å². The van der Waals surface area contributed by atoms with Crippen LogP contribution in [0, 0.1) is 0 Å². The molecule has 0 amide bonds. The minimum absolute atomic E-state index is 0.177. The molecule has 0 bridgehead atoms. The summed E-state index contributed by atoms with van der Waals surface area (Å²) in [5.41, 5.74) is 0.897. The van der Waals surface area contributed by atoms with Gasteiger partial charge in [-0.15, -0.1) is 0 Å². The molecule has 0 unspecified atom stereocenters. The van der Waals surface area contributed by atoms with Gasteiger partial charge in [-0.1, -0.05) is 26.0 Å². The molecular formula is C11H16BrNO2. The lowest BCUT2D eigenvalue weighted by molar-refractivity contribution is 0.0953. The van der Waals surface area contributed by atoms with Gasteiger partial charge in [0, 0.05) is 11.0 Å². The van der Waals surface area contributed by atoms with Crippen molar-refractivity contribution in [3.63, 3.8) is 0 Å². The zero-order valence-corrected chi connectivity index (χ0v) is 10.8. The molecule has 15 heavy (non-hydrogen) atoms. The summed E-state index contributed by atoms with van der Waals surface area (Å²) in [4.78, 5) is 4.73. The van der Waals surface area contributed by atoms with Gasteiger partial charge >= 0.3 is 0 Å². The number of ether oxygens (including phenoxy) is 1. The van der Waals surface area contributed by atoms with Gasteiger partial charge in [0.2, 0.25) is 0 Å². The Morgan fingerprint density at radius 3 is 2.60 bits per heavy atom. The van der Waals surface area contributed by atoms with Gasteiger partial charge in [0.1, 0.15) is 5.75 Å². The lowest BCUT2D eigenvalue weighted by Crippen LogP contribution is -2.26. The van der Waals surface area contributed by atoms with Crippen LogP contribution in [0.25, 0.3) is 0 Å². The molecule has 0 fully saturated rings. The Bertz CT molecular complexity index is 339. The summed E-state index contributed by atoms with van der Waals surface area (Å²) in [7, 11) is 1.66. The highest BCUT2D eigenvalue weighted by Crippen LogP contribution is 2.36. The number of benzene rings is 1. The van der Waals surface area contributed by atoms with E-state index in [1.165, 1.54) is 0 Å². The van der Waals surface area contributed by atoms with E-state index in [0.29, 0.717) is 6.61 Å². The number of para-hydroxylation sites is 1. The molecule has 0 aliphatic carbocycles. The fraction of sp³-hybridized carbons (Fsp3) is 0.455. The smallest absolute Gasteiger partial charge is 0.136 e. The van der Waals surface area contributed by atoms with Gasteiger partial charge in [-0.2, -0.15) is 0 Å². The molecule has 3 nitrogen and oxygen atoms in total. The predicted molar refractivity (Wildman–Crippen MR) is 63.9 cm³/mol. The van der Waals surface area contributed by atoms with Crippen molar-refractivity contribution in [2.24, 2.45) is 5.90 Å². The molecule has 0 atom stereocenters. The summed E-state index contributed by atoms with van der Waals surface area (Å²) in [6.07, 6.45) is 0. The van der Waals surface area contributed by atoms with Gasteiger partial charge in [-0.05, 0) is 22.0 Å². The van der Waals surface area contributed by atoms with E-state index in [9.17, 15) is 0 Å². The molecule has 1 rings (SSSR count). The van der Waals surface area contributed by atoms with Crippen LogP contribution in [0.15, 0.2) is 22.7 Å². The summed E-state index contributed by atoms with van der Waals surface area (Å²) in [6.45, 7) is 4.56. The normalized spacial score (nSPS) is 11.5. The predicted octanol–water partition coefficient (Wildman–Crippen LogP) is 2.63. The summed E-state index contributed by atoms with van der Waals surface area (Å²) in [6, 6.07) is 5.94. The van der Waals surface area contributed by atoms with Crippen LogP contribution in [0.4, 0.5) is 0 Å². The number of nitrogens with two attached hydrogens (primary N) is 1. The second-order valence-corrected chi connectivity index (χ2v) is 4.87. The van der Waals surface area contributed by atoms with Crippen LogP contribution in [0.2, 0.25) is 0 Å². The van der Waals surface area contributed by atoms with Gasteiger partial charge < -0.3 is 9.57 Å². The van der Waals surface area contributed by atoms with Crippen molar-refractivity contribution in [1.82, 2.24) is 0 Å². The van der Waals surface area contributed by atoms with E-state index in [2.05, 4.69) is 29.8 Å². The lowest BCUT2D eigenvalue weighted by atomic mass is 9.85. The molecule has 1 aromatic carbocycles. The topological polar surface area (TPSA) is 44.5 Å². The first kappa shape index (κ1) is 12.5. The average molecular weight is 274 g/mol. The van der Waals surface area contributed by atoms with Crippen LogP contribution in [0.3, 0.4) is 0 Å². The maximum atomic E-state index is 5.37. The van der Waals surface area contributed by atoms with Crippen LogP contribution in [0.5, 0.6) is 5.75 Å². The van der Waals surface area contributed by atoms with Gasteiger partial charge in [-0.3, -0.25) is 0 Å². The molecule has 0 spiro atoms. The van der Waals surface area contributed by atoms with E-state index in [-0.39, 0.29) is 5.41 Å². The maximum absolute atomic E-state index is 5.37. The summed E-state index contributed by atoms with van der Waals surface area (Å²) >= 11 is 3.45. The third-order valence-corrected chi connectivity index (χ3v) is 2.97. The number of rotatable bonds is 4. The summed E-state index contributed by atoms with van der Waals surface area (Å²) in [5.74, 6) is 5.96.